The number of likely N-dealkylation sites (tertiary alicyclic amines) is 1. The maximum absolute atomic E-state index is 13.9. The van der Waals surface area contributed by atoms with Gasteiger partial charge in [0, 0.05) is 37.0 Å². The van der Waals surface area contributed by atoms with Crippen molar-refractivity contribution in [2.45, 2.75) is 76.6 Å². The second-order valence-corrected chi connectivity index (χ2v) is 14.1. The Morgan fingerprint density at radius 2 is 1.98 bits per heavy atom. The van der Waals surface area contributed by atoms with E-state index in [9.17, 15) is 13.2 Å². The van der Waals surface area contributed by atoms with Crippen molar-refractivity contribution in [3.8, 4) is 11.5 Å². The van der Waals surface area contributed by atoms with Crippen molar-refractivity contribution in [2.24, 2.45) is 0 Å². The van der Waals surface area contributed by atoms with Gasteiger partial charge in [-0.1, -0.05) is 17.7 Å². The number of ether oxygens (including phenoxy) is 3. The fourth-order valence-electron chi connectivity index (χ4n) is 4.59. The van der Waals surface area contributed by atoms with E-state index in [0.717, 1.165) is 11.1 Å². The van der Waals surface area contributed by atoms with E-state index in [-0.39, 0.29) is 34.7 Å². The smallest absolute Gasteiger partial charge is 0.410 e. The number of nitrogens with zero attached hydrogens (tertiary/aromatic N) is 3. The topological polar surface area (TPSA) is 98.3 Å². The van der Waals surface area contributed by atoms with Gasteiger partial charge in [0.2, 0.25) is 0 Å². The molecule has 0 N–H and O–H groups in total. The maximum Gasteiger partial charge on any atom is 0.410 e. The van der Waals surface area contributed by atoms with Gasteiger partial charge >= 0.3 is 6.09 Å². The zero-order valence-corrected chi connectivity index (χ0v) is 26.5. The minimum atomic E-state index is -4.02. The molecule has 0 radical (unpaired) electrons. The Balaban J connectivity index is 1.51. The molecule has 9 nitrogen and oxygen atoms in total. The zero-order chi connectivity index (χ0) is 29.9. The first kappa shape index (κ1) is 30.9. The molecule has 1 aliphatic heterocycles. The molecular weight excluding hydrogens is 586 g/mol. The third-order valence-electron chi connectivity index (χ3n) is 6.74. The molecule has 1 fully saturated rings. The summed E-state index contributed by atoms with van der Waals surface area (Å²) in [4.78, 5) is 18.6. The van der Waals surface area contributed by atoms with E-state index in [0.29, 0.717) is 36.0 Å². The van der Waals surface area contributed by atoms with Gasteiger partial charge in [-0.25, -0.2) is 22.5 Å². The molecule has 0 spiro atoms. The van der Waals surface area contributed by atoms with Crippen molar-refractivity contribution in [2.75, 3.05) is 18.0 Å². The number of thiazole rings is 1. The van der Waals surface area contributed by atoms with Crippen LogP contribution in [0, 0.1) is 6.92 Å². The molecule has 222 valence electrons. The molecule has 0 saturated carbocycles. The predicted octanol–water partition coefficient (Wildman–Crippen LogP) is 6.68. The molecule has 4 rings (SSSR count). The van der Waals surface area contributed by atoms with Crippen molar-refractivity contribution < 1.29 is 27.4 Å². The monoisotopic (exact) mass is 621 g/mol. The summed E-state index contributed by atoms with van der Waals surface area (Å²) in [5.41, 5.74) is 1.15. The lowest BCUT2D eigenvalue weighted by atomic mass is 10.0. The lowest BCUT2D eigenvalue weighted by molar-refractivity contribution is -0.00103. The van der Waals surface area contributed by atoms with E-state index in [2.05, 4.69) is 4.98 Å². The molecule has 1 aromatic heterocycles. The summed E-state index contributed by atoms with van der Waals surface area (Å²) in [6.07, 6.45) is 2.23. The number of carbonyl (C=O) groups is 1. The van der Waals surface area contributed by atoms with Gasteiger partial charge in [-0.15, -0.1) is 11.3 Å². The van der Waals surface area contributed by atoms with E-state index >= 15 is 0 Å². The first-order valence-electron chi connectivity index (χ1n) is 13.3. The highest BCUT2D eigenvalue weighted by Crippen LogP contribution is 2.34. The van der Waals surface area contributed by atoms with E-state index in [1.807, 2.05) is 46.8 Å². The summed E-state index contributed by atoms with van der Waals surface area (Å²) in [6.45, 7) is 9.96. The van der Waals surface area contributed by atoms with Gasteiger partial charge in [-0.2, -0.15) is 0 Å². The van der Waals surface area contributed by atoms with Gasteiger partial charge in [0.25, 0.3) is 10.0 Å². The van der Waals surface area contributed by atoms with Crippen LogP contribution in [0.3, 0.4) is 0 Å². The number of aryl methyl sites for hydroxylation is 1. The second-order valence-electron chi connectivity index (χ2n) is 11.0. The van der Waals surface area contributed by atoms with E-state index in [4.69, 9.17) is 25.8 Å². The van der Waals surface area contributed by atoms with Crippen molar-refractivity contribution >= 4 is 44.2 Å². The Morgan fingerprint density at radius 3 is 2.56 bits per heavy atom. The Kier molecular flexibility index (Phi) is 9.40. The minimum Gasteiger partial charge on any atom is -0.497 e. The number of hydrogen-bond donors (Lipinski definition) is 0. The number of aromatic nitrogens is 1. The van der Waals surface area contributed by atoms with Gasteiger partial charge in [-0.3, -0.25) is 0 Å². The normalized spacial score (nSPS) is 17.7. The summed E-state index contributed by atoms with van der Waals surface area (Å²) in [7, 11) is -2.43. The Hall–Kier alpha value is -3.02. The number of carbonyl (C=O) groups excluding carboxylic acids is 1. The fourth-order valence-corrected chi connectivity index (χ4v) is 7.18. The van der Waals surface area contributed by atoms with E-state index in [1.165, 1.54) is 27.8 Å². The largest absolute Gasteiger partial charge is 0.497 e. The standard InChI is InChI=1S/C29H36ClN3O6S2/c1-19-15-22(37-6)8-7-21(19)18-33(27-31-12-14-40-27)41(35,36)24-9-10-26(25(30)17-24)38-23-11-13-32(20(2)16-23)28(34)39-29(3,4)5/h7-10,12,14-15,17,20,23H,11,13,16,18H2,1-6H3/t20-,23-/m0/s1. The van der Waals surface area contributed by atoms with E-state index in [1.54, 1.807) is 35.7 Å². The van der Waals surface area contributed by atoms with Gasteiger partial charge in [0.1, 0.15) is 23.2 Å². The number of methoxy groups -OCH3 is 1. The lowest BCUT2D eigenvalue weighted by Crippen LogP contribution is -2.49. The highest BCUT2D eigenvalue weighted by atomic mass is 35.5. The highest BCUT2D eigenvalue weighted by molar-refractivity contribution is 7.93. The molecule has 0 bridgehead atoms. The van der Waals surface area contributed by atoms with Crippen LogP contribution in [0.2, 0.25) is 5.02 Å². The van der Waals surface area contributed by atoms with Crippen LogP contribution in [-0.2, 0) is 21.3 Å². The van der Waals surface area contributed by atoms with Crippen molar-refractivity contribution in [1.82, 2.24) is 9.88 Å². The SMILES string of the molecule is COc1ccc(CN(c2nccs2)S(=O)(=O)c2ccc(O[C@H]3CCN(C(=O)OC(C)(C)C)[C@@H](C)C3)c(Cl)c2)c(C)c1. The van der Waals surface area contributed by atoms with Crippen molar-refractivity contribution in [3.05, 3.63) is 64.1 Å². The number of anilines is 1. The quantitative estimate of drug-likeness (QED) is 0.277. The fraction of sp³-hybridized carbons (Fsp3) is 0.448. The Labute approximate surface area is 251 Å². The number of benzene rings is 2. The lowest BCUT2D eigenvalue weighted by Gasteiger charge is -2.38. The molecular formula is C29H36ClN3O6S2. The van der Waals surface area contributed by atoms with Crippen LogP contribution >= 0.6 is 22.9 Å². The molecule has 0 aliphatic carbocycles. The van der Waals surface area contributed by atoms with Crippen molar-refractivity contribution in [1.29, 1.82) is 0 Å². The third-order valence-corrected chi connectivity index (χ3v) is 9.67. The molecule has 41 heavy (non-hydrogen) atoms. The van der Waals surface area contributed by atoms with Crippen LogP contribution in [0.4, 0.5) is 9.93 Å². The van der Waals surface area contributed by atoms with Crippen LogP contribution in [0.15, 0.2) is 52.9 Å². The molecule has 1 amide bonds. The average Bonchev–Trinajstić information content (AvgIpc) is 3.42. The number of hydrogen-bond acceptors (Lipinski definition) is 8. The van der Waals surface area contributed by atoms with Gasteiger partial charge in [-0.05, 0) is 76.1 Å². The van der Waals surface area contributed by atoms with Crippen LogP contribution in [-0.4, -0.2) is 55.8 Å². The predicted molar refractivity (Wildman–Crippen MR) is 161 cm³/mol. The number of piperidine rings is 1. The van der Waals surface area contributed by atoms with Crippen molar-refractivity contribution in [3.63, 3.8) is 0 Å². The van der Waals surface area contributed by atoms with Crippen LogP contribution < -0.4 is 13.8 Å². The number of rotatable bonds is 8. The summed E-state index contributed by atoms with van der Waals surface area (Å²) in [5, 5.41) is 2.27. The molecule has 0 unspecified atom stereocenters. The summed E-state index contributed by atoms with van der Waals surface area (Å²) in [5.74, 6) is 1.09. The Bertz CT molecular complexity index is 1470. The number of sulfonamides is 1. The average molecular weight is 622 g/mol. The molecule has 2 aromatic carbocycles. The minimum absolute atomic E-state index is 0.0318. The zero-order valence-electron chi connectivity index (χ0n) is 24.1. The van der Waals surface area contributed by atoms with Gasteiger partial charge in [0.05, 0.1) is 23.6 Å². The molecule has 1 saturated heterocycles. The molecule has 12 heteroatoms. The summed E-state index contributed by atoms with van der Waals surface area (Å²) >= 11 is 7.81. The maximum atomic E-state index is 13.9. The second kappa shape index (κ2) is 12.5. The Morgan fingerprint density at radius 1 is 1.22 bits per heavy atom. The highest BCUT2D eigenvalue weighted by Gasteiger charge is 2.33. The molecule has 2 heterocycles. The number of amides is 1. The van der Waals surface area contributed by atoms with Crippen LogP contribution in [0.25, 0.3) is 0 Å². The third kappa shape index (κ3) is 7.44. The summed E-state index contributed by atoms with van der Waals surface area (Å²) < 4.78 is 46.0. The number of halogens is 1. The van der Waals surface area contributed by atoms with E-state index < -0.39 is 15.6 Å². The molecule has 1 aliphatic rings. The van der Waals surface area contributed by atoms with Gasteiger partial charge < -0.3 is 19.1 Å². The first-order chi connectivity index (χ1) is 19.3. The molecule has 2 atom stereocenters. The van der Waals surface area contributed by atoms with Crippen LogP contribution in [0.5, 0.6) is 11.5 Å². The van der Waals surface area contributed by atoms with Crippen LogP contribution in [0.1, 0.15) is 51.7 Å². The molecule has 3 aromatic rings. The van der Waals surface area contributed by atoms with Gasteiger partial charge in [0.15, 0.2) is 5.13 Å². The first-order valence-corrected chi connectivity index (χ1v) is 16.0. The summed E-state index contributed by atoms with van der Waals surface area (Å²) in [6, 6.07) is 9.92.